The molecule has 0 spiro atoms. The molecular weight excluding hydrogens is 187 g/mol. The summed E-state index contributed by atoms with van der Waals surface area (Å²) in [5, 5.41) is 0.0103. The third-order valence-corrected chi connectivity index (χ3v) is 1.93. The average Bonchev–Trinajstić information content (AvgIpc) is 1.99. The summed E-state index contributed by atoms with van der Waals surface area (Å²) in [6.07, 6.45) is 0.631. The van der Waals surface area contributed by atoms with Crippen LogP contribution in [0.4, 0.5) is 0 Å². The van der Waals surface area contributed by atoms with Crippen molar-refractivity contribution in [3.63, 3.8) is 0 Å². The lowest BCUT2D eigenvalue weighted by Crippen LogP contribution is -2.11. The molecule has 0 aliphatic carbocycles. The first-order valence-corrected chi connectivity index (χ1v) is 3.85. The first-order chi connectivity index (χ1) is 5.15. The molecule has 60 valence electrons. The van der Waals surface area contributed by atoms with Crippen LogP contribution in [0.2, 0.25) is 10.2 Å². The van der Waals surface area contributed by atoms with Gasteiger partial charge in [-0.15, -0.1) is 0 Å². The van der Waals surface area contributed by atoms with Crippen molar-refractivity contribution in [2.45, 2.75) is 13.3 Å². The van der Waals surface area contributed by atoms with E-state index in [-0.39, 0.29) is 15.7 Å². The smallest absolute Gasteiger partial charge is 0.271 e. The van der Waals surface area contributed by atoms with E-state index in [1.807, 2.05) is 6.92 Å². The predicted molar refractivity (Wildman–Crippen MR) is 44.3 cm³/mol. The first-order valence-electron chi connectivity index (χ1n) is 3.09. The lowest BCUT2D eigenvalue weighted by atomic mass is 10.4. The molecule has 3 nitrogen and oxygen atoms in total. The molecule has 0 atom stereocenters. The third kappa shape index (κ3) is 1.73. The Morgan fingerprint density at radius 2 is 2.18 bits per heavy atom. The van der Waals surface area contributed by atoms with Gasteiger partial charge in [0.2, 0.25) is 0 Å². The fraction of sp³-hybridized carbons (Fsp3) is 0.333. The number of nitrogens with one attached hydrogen (secondary N) is 1. The minimum atomic E-state index is -0.386. The van der Waals surface area contributed by atoms with Gasteiger partial charge in [-0.25, -0.2) is 4.98 Å². The SMILES string of the molecule is CCc1nc(Cl)c(Cl)c(=O)[nH]1. The topological polar surface area (TPSA) is 45.8 Å². The lowest BCUT2D eigenvalue weighted by molar-refractivity contribution is 0.921. The van der Waals surface area contributed by atoms with Crippen LogP contribution in [0.15, 0.2) is 4.79 Å². The zero-order valence-corrected chi connectivity index (χ0v) is 7.33. The summed E-state index contributed by atoms with van der Waals surface area (Å²) in [7, 11) is 0. The highest BCUT2D eigenvalue weighted by Crippen LogP contribution is 2.12. The Morgan fingerprint density at radius 1 is 1.55 bits per heavy atom. The van der Waals surface area contributed by atoms with Crippen LogP contribution >= 0.6 is 23.2 Å². The largest absolute Gasteiger partial charge is 0.309 e. The maximum atomic E-state index is 10.9. The highest BCUT2D eigenvalue weighted by atomic mass is 35.5. The van der Waals surface area contributed by atoms with Gasteiger partial charge in [0.1, 0.15) is 10.8 Å². The molecule has 0 radical (unpaired) electrons. The number of H-pyrrole nitrogens is 1. The van der Waals surface area contributed by atoms with E-state index < -0.39 is 0 Å². The number of rotatable bonds is 1. The summed E-state index contributed by atoms with van der Waals surface area (Å²) in [6, 6.07) is 0. The number of hydrogen-bond acceptors (Lipinski definition) is 2. The Balaban J connectivity index is 3.32. The standard InChI is InChI=1S/C6H6Cl2N2O/c1-2-3-9-5(8)4(7)6(11)10-3/h2H2,1H3,(H,9,10,11). The van der Waals surface area contributed by atoms with Crippen LogP contribution in [0.3, 0.4) is 0 Å². The Labute approximate surface area is 73.4 Å². The minimum Gasteiger partial charge on any atom is -0.309 e. The first kappa shape index (κ1) is 8.56. The summed E-state index contributed by atoms with van der Waals surface area (Å²) in [4.78, 5) is 17.2. The zero-order valence-electron chi connectivity index (χ0n) is 5.82. The molecule has 0 saturated carbocycles. The molecular formula is C6H6Cl2N2O. The number of hydrogen-bond donors (Lipinski definition) is 1. The van der Waals surface area contributed by atoms with Crippen molar-refractivity contribution in [2.24, 2.45) is 0 Å². The zero-order chi connectivity index (χ0) is 8.43. The van der Waals surface area contributed by atoms with Crippen LogP contribution in [0, 0.1) is 0 Å². The van der Waals surface area contributed by atoms with Crippen molar-refractivity contribution in [1.82, 2.24) is 9.97 Å². The van der Waals surface area contributed by atoms with E-state index in [1.54, 1.807) is 0 Å². The van der Waals surface area contributed by atoms with Gasteiger partial charge in [-0.2, -0.15) is 0 Å². The van der Waals surface area contributed by atoms with Crippen LogP contribution in [0.25, 0.3) is 0 Å². The van der Waals surface area contributed by atoms with Crippen LogP contribution in [-0.2, 0) is 6.42 Å². The fourth-order valence-electron chi connectivity index (χ4n) is 0.643. The van der Waals surface area contributed by atoms with Crippen molar-refractivity contribution < 1.29 is 0 Å². The van der Waals surface area contributed by atoms with E-state index in [1.165, 1.54) is 0 Å². The van der Waals surface area contributed by atoms with Gasteiger partial charge >= 0.3 is 0 Å². The molecule has 0 unspecified atom stereocenters. The van der Waals surface area contributed by atoms with Gasteiger partial charge < -0.3 is 4.98 Å². The molecule has 0 amide bonds. The second-order valence-electron chi connectivity index (χ2n) is 1.97. The minimum absolute atomic E-state index is 0.0520. The molecule has 5 heteroatoms. The van der Waals surface area contributed by atoms with Crippen LogP contribution in [-0.4, -0.2) is 9.97 Å². The van der Waals surface area contributed by atoms with Crippen molar-refractivity contribution in [3.8, 4) is 0 Å². The van der Waals surface area contributed by atoms with Gasteiger partial charge in [0.25, 0.3) is 5.56 Å². The van der Waals surface area contributed by atoms with Gasteiger partial charge in [-0.1, -0.05) is 30.1 Å². The summed E-state index contributed by atoms with van der Waals surface area (Å²) in [5.41, 5.74) is -0.386. The molecule has 0 bridgehead atoms. The van der Waals surface area contributed by atoms with Gasteiger partial charge in [0.05, 0.1) is 0 Å². The van der Waals surface area contributed by atoms with Crippen molar-refractivity contribution >= 4 is 23.2 Å². The van der Waals surface area contributed by atoms with Gasteiger partial charge in [-0.3, -0.25) is 4.79 Å². The van der Waals surface area contributed by atoms with Crippen molar-refractivity contribution in [1.29, 1.82) is 0 Å². The Kier molecular flexibility index (Phi) is 2.52. The molecule has 1 rings (SSSR count). The number of nitrogens with zero attached hydrogens (tertiary/aromatic N) is 1. The molecule has 1 aromatic heterocycles. The summed E-state index contributed by atoms with van der Waals surface area (Å²) in [5.74, 6) is 0.546. The van der Waals surface area contributed by atoms with Crippen LogP contribution in [0.1, 0.15) is 12.7 Å². The van der Waals surface area contributed by atoms with E-state index in [2.05, 4.69) is 9.97 Å². The predicted octanol–water partition coefficient (Wildman–Crippen LogP) is 1.64. The van der Waals surface area contributed by atoms with E-state index in [4.69, 9.17) is 23.2 Å². The van der Waals surface area contributed by atoms with Crippen LogP contribution < -0.4 is 5.56 Å². The van der Waals surface area contributed by atoms with Gasteiger partial charge in [0.15, 0.2) is 5.15 Å². The Hall–Kier alpha value is -0.540. The highest BCUT2D eigenvalue weighted by Gasteiger charge is 2.04. The highest BCUT2D eigenvalue weighted by molar-refractivity contribution is 6.40. The fourth-order valence-corrected chi connectivity index (χ4v) is 0.920. The molecule has 0 saturated heterocycles. The lowest BCUT2D eigenvalue weighted by Gasteiger charge is -1.96. The summed E-state index contributed by atoms with van der Waals surface area (Å²) < 4.78 is 0. The third-order valence-electron chi connectivity index (χ3n) is 1.21. The van der Waals surface area contributed by atoms with E-state index >= 15 is 0 Å². The molecule has 0 aromatic carbocycles. The summed E-state index contributed by atoms with van der Waals surface area (Å²) >= 11 is 11.0. The molecule has 0 aliphatic heterocycles. The second kappa shape index (κ2) is 3.24. The molecule has 11 heavy (non-hydrogen) atoms. The quantitative estimate of drug-likeness (QED) is 0.689. The number of aromatic nitrogens is 2. The molecule has 1 N–H and O–H groups in total. The average molecular weight is 193 g/mol. The van der Waals surface area contributed by atoms with E-state index in [9.17, 15) is 4.79 Å². The number of aryl methyl sites for hydroxylation is 1. The normalized spacial score (nSPS) is 10.1. The monoisotopic (exact) mass is 192 g/mol. The molecule has 1 heterocycles. The number of halogens is 2. The Morgan fingerprint density at radius 3 is 2.64 bits per heavy atom. The maximum Gasteiger partial charge on any atom is 0.271 e. The van der Waals surface area contributed by atoms with Crippen molar-refractivity contribution in [2.75, 3.05) is 0 Å². The van der Waals surface area contributed by atoms with Crippen molar-refractivity contribution in [3.05, 3.63) is 26.4 Å². The molecule has 0 fully saturated rings. The van der Waals surface area contributed by atoms with E-state index in [0.29, 0.717) is 12.2 Å². The second-order valence-corrected chi connectivity index (χ2v) is 2.71. The maximum absolute atomic E-state index is 10.9. The summed E-state index contributed by atoms with van der Waals surface area (Å²) in [6.45, 7) is 1.86. The molecule has 1 aromatic rings. The Bertz CT molecular complexity index is 321. The van der Waals surface area contributed by atoms with E-state index in [0.717, 1.165) is 0 Å². The van der Waals surface area contributed by atoms with Crippen LogP contribution in [0.5, 0.6) is 0 Å². The van der Waals surface area contributed by atoms with Gasteiger partial charge in [-0.05, 0) is 0 Å². The molecule has 0 aliphatic rings. The van der Waals surface area contributed by atoms with Gasteiger partial charge in [0, 0.05) is 6.42 Å². The number of aromatic amines is 1.